The molecular weight excluding hydrogens is 126 g/mol. The van der Waals surface area contributed by atoms with E-state index >= 15 is 0 Å². The predicted molar refractivity (Wildman–Crippen MR) is 40.6 cm³/mol. The number of hydrogen-bond donors (Lipinski definition) is 0. The molecule has 2 nitrogen and oxygen atoms in total. The van der Waals surface area contributed by atoms with Crippen LogP contribution in [0, 0.1) is 5.92 Å². The van der Waals surface area contributed by atoms with Crippen LogP contribution in [0.15, 0.2) is 0 Å². The van der Waals surface area contributed by atoms with Crippen molar-refractivity contribution in [2.75, 3.05) is 6.54 Å². The Hall–Kier alpha value is -0.530. The third-order valence-electron chi connectivity index (χ3n) is 1.73. The molecule has 0 unspecified atom stereocenters. The first-order valence-electron chi connectivity index (χ1n) is 3.95. The number of hydrogen-bond acceptors (Lipinski definition) is 1. The van der Waals surface area contributed by atoms with Gasteiger partial charge in [0.25, 0.3) is 0 Å². The lowest BCUT2D eigenvalue weighted by Crippen LogP contribution is -2.28. The van der Waals surface area contributed by atoms with E-state index in [9.17, 15) is 4.79 Å². The van der Waals surface area contributed by atoms with Gasteiger partial charge in [-0.1, -0.05) is 13.8 Å². The molecule has 0 aromatic rings. The quantitative estimate of drug-likeness (QED) is 0.540. The summed E-state index contributed by atoms with van der Waals surface area (Å²) >= 11 is 0. The van der Waals surface area contributed by atoms with Crippen molar-refractivity contribution in [3.63, 3.8) is 0 Å². The molecule has 0 spiro atoms. The highest BCUT2D eigenvalue weighted by Gasteiger charge is 2.27. The van der Waals surface area contributed by atoms with Gasteiger partial charge in [-0.15, -0.1) is 0 Å². The predicted octanol–water partition coefficient (Wildman–Crippen LogP) is 1.26. The zero-order valence-electron chi connectivity index (χ0n) is 6.71. The van der Waals surface area contributed by atoms with E-state index in [1.807, 2.05) is 4.90 Å². The Balaban J connectivity index is 2.25. The average molecular weight is 141 g/mol. The highest BCUT2D eigenvalue weighted by Crippen LogP contribution is 2.25. The summed E-state index contributed by atoms with van der Waals surface area (Å²) in [7, 11) is 0. The first kappa shape index (κ1) is 7.58. The van der Waals surface area contributed by atoms with Crippen LogP contribution < -0.4 is 0 Å². The van der Waals surface area contributed by atoms with E-state index < -0.39 is 0 Å². The van der Waals surface area contributed by atoms with E-state index in [4.69, 9.17) is 0 Å². The molecule has 0 N–H and O–H groups in total. The second-order valence-electron chi connectivity index (χ2n) is 3.43. The first-order chi connectivity index (χ1) is 4.74. The van der Waals surface area contributed by atoms with Gasteiger partial charge < -0.3 is 4.90 Å². The van der Waals surface area contributed by atoms with Gasteiger partial charge in [0.1, 0.15) is 0 Å². The monoisotopic (exact) mass is 141 g/mol. The molecule has 1 amide bonds. The molecule has 0 radical (unpaired) electrons. The molecule has 0 bridgehead atoms. The van der Waals surface area contributed by atoms with Gasteiger partial charge in [-0.05, 0) is 18.8 Å². The molecule has 1 aliphatic carbocycles. The molecule has 1 fully saturated rings. The second kappa shape index (κ2) is 3.04. The molecule has 0 saturated heterocycles. The van der Waals surface area contributed by atoms with Gasteiger partial charge >= 0.3 is 0 Å². The Labute approximate surface area is 62.2 Å². The summed E-state index contributed by atoms with van der Waals surface area (Å²) in [6, 6.07) is 0.583. The van der Waals surface area contributed by atoms with Crippen LogP contribution in [0.3, 0.4) is 0 Å². The molecule has 10 heavy (non-hydrogen) atoms. The van der Waals surface area contributed by atoms with Crippen LogP contribution in [0.4, 0.5) is 0 Å². The number of amides is 1. The van der Waals surface area contributed by atoms with E-state index in [0.717, 1.165) is 13.0 Å². The highest BCUT2D eigenvalue weighted by atomic mass is 16.1. The maximum Gasteiger partial charge on any atom is 0.209 e. The van der Waals surface area contributed by atoms with Gasteiger partial charge in [-0.2, -0.15) is 0 Å². The van der Waals surface area contributed by atoms with E-state index in [1.54, 1.807) is 0 Å². The summed E-state index contributed by atoms with van der Waals surface area (Å²) in [5.74, 6) is 0.603. The number of rotatable bonds is 4. The van der Waals surface area contributed by atoms with Crippen LogP contribution in [-0.4, -0.2) is 23.9 Å². The summed E-state index contributed by atoms with van der Waals surface area (Å²) in [6.45, 7) is 5.20. The lowest BCUT2D eigenvalue weighted by molar-refractivity contribution is -0.119. The summed E-state index contributed by atoms with van der Waals surface area (Å²) in [6.07, 6.45) is 3.41. The zero-order chi connectivity index (χ0) is 7.56. The molecule has 1 aliphatic rings. The van der Waals surface area contributed by atoms with Crippen LogP contribution in [0.2, 0.25) is 0 Å². The summed E-state index contributed by atoms with van der Waals surface area (Å²) in [4.78, 5) is 12.4. The molecule has 2 heteroatoms. The molecule has 1 rings (SSSR count). The molecular formula is C8H15NO. The van der Waals surface area contributed by atoms with Crippen molar-refractivity contribution in [1.82, 2.24) is 4.90 Å². The zero-order valence-corrected chi connectivity index (χ0v) is 6.71. The van der Waals surface area contributed by atoms with Crippen molar-refractivity contribution in [2.45, 2.75) is 32.7 Å². The summed E-state index contributed by atoms with van der Waals surface area (Å²) in [5, 5.41) is 0. The second-order valence-corrected chi connectivity index (χ2v) is 3.43. The molecule has 0 heterocycles. The lowest BCUT2D eigenvalue weighted by Gasteiger charge is -2.18. The largest absolute Gasteiger partial charge is 0.342 e. The van der Waals surface area contributed by atoms with E-state index in [0.29, 0.717) is 12.0 Å². The number of carbonyl (C=O) groups excluding carboxylic acids is 1. The normalized spacial score (nSPS) is 17.5. The Morgan fingerprint density at radius 3 is 2.50 bits per heavy atom. The fraction of sp³-hybridized carbons (Fsp3) is 0.875. The minimum absolute atomic E-state index is 0.583. The molecule has 58 valence electrons. The van der Waals surface area contributed by atoms with Crippen LogP contribution in [0.1, 0.15) is 26.7 Å². The van der Waals surface area contributed by atoms with Crippen LogP contribution in [-0.2, 0) is 4.79 Å². The van der Waals surface area contributed by atoms with Crippen molar-refractivity contribution in [3.05, 3.63) is 0 Å². The topological polar surface area (TPSA) is 20.3 Å². The van der Waals surface area contributed by atoms with Crippen molar-refractivity contribution < 1.29 is 4.79 Å². The molecule has 0 aliphatic heterocycles. The summed E-state index contributed by atoms with van der Waals surface area (Å²) in [5.41, 5.74) is 0. The van der Waals surface area contributed by atoms with E-state index in [2.05, 4.69) is 13.8 Å². The SMILES string of the molecule is CC(C)CN(C=O)C1CC1. The summed E-state index contributed by atoms with van der Waals surface area (Å²) < 4.78 is 0. The lowest BCUT2D eigenvalue weighted by atomic mass is 10.2. The Morgan fingerprint density at radius 1 is 1.60 bits per heavy atom. The Morgan fingerprint density at radius 2 is 2.20 bits per heavy atom. The fourth-order valence-electron chi connectivity index (χ4n) is 1.11. The van der Waals surface area contributed by atoms with Crippen molar-refractivity contribution in [1.29, 1.82) is 0 Å². The number of carbonyl (C=O) groups is 1. The molecule has 0 atom stereocenters. The molecule has 1 saturated carbocycles. The van der Waals surface area contributed by atoms with Crippen molar-refractivity contribution >= 4 is 6.41 Å². The molecule has 0 aromatic carbocycles. The Bertz CT molecular complexity index is 118. The van der Waals surface area contributed by atoms with Crippen LogP contribution in [0.25, 0.3) is 0 Å². The van der Waals surface area contributed by atoms with Gasteiger partial charge in [-0.3, -0.25) is 4.79 Å². The third-order valence-corrected chi connectivity index (χ3v) is 1.73. The van der Waals surface area contributed by atoms with Gasteiger partial charge in [0.05, 0.1) is 0 Å². The maximum absolute atomic E-state index is 10.4. The van der Waals surface area contributed by atoms with E-state index in [-0.39, 0.29) is 0 Å². The average Bonchev–Trinajstić information content (AvgIpc) is 2.63. The minimum Gasteiger partial charge on any atom is -0.342 e. The number of nitrogens with zero attached hydrogens (tertiary/aromatic N) is 1. The standard InChI is InChI=1S/C8H15NO/c1-7(2)5-9(6-10)8-3-4-8/h6-8H,3-5H2,1-2H3. The third kappa shape index (κ3) is 2.01. The van der Waals surface area contributed by atoms with Gasteiger partial charge in [0.15, 0.2) is 0 Å². The van der Waals surface area contributed by atoms with Crippen LogP contribution >= 0.6 is 0 Å². The van der Waals surface area contributed by atoms with E-state index in [1.165, 1.54) is 12.8 Å². The fourth-order valence-corrected chi connectivity index (χ4v) is 1.11. The van der Waals surface area contributed by atoms with Gasteiger partial charge in [0, 0.05) is 12.6 Å². The Kier molecular flexibility index (Phi) is 2.30. The van der Waals surface area contributed by atoms with Gasteiger partial charge in [-0.25, -0.2) is 0 Å². The first-order valence-corrected chi connectivity index (χ1v) is 3.95. The van der Waals surface area contributed by atoms with Gasteiger partial charge in [0.2, 0.25) is 6.41 Å². The maximum atomic E-state index is 10.4. The van der Waals surface area contributed by atoms with Crippen LogP contribution in [0.5, 0.6) is 0 Å². The minimum atomic E-state index is 0.583. The van der Waals surface area contributed by atoms with Crippen molar-refractivity contribution in [3.8, 4) is 0 Å². The smallest absolute Gasteiger partial charge is 0.209 e. The highest BCUT2D eigenvalue weighted by molar-refractivity contribution is 5.48. The molecule has 0 aromatic heterocycles. The van der Waals surface area contributed by atoms with Crippen molar-refractivity contribution in [2.24, 2.45) is 5.92 Å².